The first-order chi connectivity index (χ1) is 15.9. The van der Waals surface area contributed by atoms with Crippen molar-refractivity contribution in [3.8, 4) is 34.3 Å². The molecule has 0 fully saturated rings. The second-order valence-corrected chi connectivity index (χ2v) is 8.31. The van der Waals surface area contributed by atoms with E-state index in [0.29, 0.717) is 22.1 Å². The molecule has 1 N–H and O–H groups in total. The molecule has 3 aromatic carbocycles. The van der Waals surface area contributed by atoms with Crippen LogP contribution in [0.4, 0.5) is 5.88 Å². The van der Waals surface area contributed by atoms with Crippen LogP contribution in [-0.4, -0.2) is 11.5 Å². The Morgan fingerprint density at radius 1 is 0.939 bits per heavy atom. The quantitative estimate of drug-likeness (QED) is 0.341. The van der Waals surface area contributed by atoms with Gasteiger partial charge in [-0.15, -0.1) is 0 Å². The summed E-state index contributed by atoms with van der Waals surface area (Å²) in [6.45, 7) is 3.28. The van der Waals surface area contributed by atoms with Gasteiger partial charge in [-0.2, -0.15) is 5.26 Å². The van der Waals surface area contributed by atoms with Crippen molar-refractivity contribution in [2.24, 2.45) is 0 Å². The van der Waals surface area contributed by atoms with Crippen LogP contribution < -0.4 is 10.1 Å². The van der Waals surface area contributed by atoms with Crippen LogP contribution >= 0.6 is 11.6 Å². The van der Waals surface area contributed by atoms with E-state index in [9.17, 15) is 10.1 Å². The molecule has 164 valence electrons. The molecule has 4 aromatic rings. The lowest BCUT2D eigenvalue weighted by Gasteiger charge is -2.24. The van der Waals surface area contributed by atoms with Gasteiger partial charge in [0.25, 0.3) is 5.91 Å². The number of anilines is 1. The maximum absolute atomic E-state index is 13.1. The van der Waals surface area contributed by atoms with Crippen LogP contribution in [0.2, 0.25) is 5.02 Å². The second kappa shape index (κ2) is 9.23. The lowest BCUT2D eigenvalue weighted by atomic mass is 9.98. The molecular formula is C27H21ClN2O3. The highest BCUT2D eigenvalue weighted by atomic mass is 35.5. The molecular weight excluding hydrogens is 436 g/mol. The summed E-state index contributed by atoms with van der Waals surface area (Å²) in [6.07, 6.45) is 0. The Bertz CT molecular complexity index is 1310. The standard InChI is InChI=1S/C27H21ClN2O3/c1-27(2,33-21-15-13-20(28)14-16-21)26(31)30-25-22(17-29)23(18-9-5-3-6-10-18)24(32-25)19-11-7-4-8-12-19/h3-16H,1-2H3,(H,30,31). The van der Waals surface area contributed by atoms with Crippen LogP contribution in [-0.2, 0) is 4.79 Å². The van der Waals surface area contributed by atoms with Gasteiger partial charge >= 0.3 is 0 Å². The average Bonchev–Trinajstić information content (AvgIpc) is 3.19. The van der Waals surface area contributed by atoms with Crippen LogP contribution in [0.25, 0.3) is 22.5 Å². The maximum atomic E-state index is 13.1. The topological polar surface area (TPSA) is 75.3 Å². The van der Waals surface area contributed by atoms with Gasteiger partial charge in [-0.05, 0) is 43.7 Å². The highest BCUT2D eigenvalue weighted by molar-refractivity contribution is 6.30. The average molecular weight is 457 g/mol. The third-order valence-corrected chi connectivity index (χ3v) is 5.33. The summed E-state index contributed by atoms with van der Waals surface area (Å²) in [6, 6.07) is 27.9. The Morgan fingerprint density at radius 3 is 2.09 bits per heavy atom. The van der Waals surface area contributed by atoms with Crippen molar-refractivity contribution in [1.29, 1.82) is 5.26 Å². The number of nitrogens with zero attached hydrogens (tertiary/aromatic N) is 1. The third-order valence-electron chi connectivity index (χ3n) is 5.08. The SMILES string of the molecule is CC(C)(Oc1ccc(Cl)cc1)C(=O)Nc1oc(-c2ccccc2)c(-c2ccccc2)c1C#N. The van der Waals surface area contributed by atoms with Crippen molar-refractivity contribution in [2.45, 2.75) is 19.4 Å². The molecule has 4 rings (SSSR count). The van der Waals surface area contributed by atoms with E-state index in [2.05, 4.69) is 11.4 Å². The number of hydrogen-bond acceptors (Lipinski definition) is 4. The molecule has 0 aliphatic rings. The van der Waals surface area contributed by atoms with E-state index in [-0.39, 0.29) is 11.4 Å². The zero-order chi connectivity index (χ0) is 23.4. The summed E-state index contributed by atoms with van der Waals surface area (Å²) in [5, 5.41) is 13.3. The predicted octanol–water partition coefficient (Wildman–Crippen LogP) is 6.93. The molecule has 5 nitrogen and oxygen atoms in total. The second-order valence-electron chi connectivity index (χ2n) is 7.87. The van der Waals surface area contributed by atoms with Crippen molar-refractivity contribution < 1.29 is 13.9 Å². The first-order valence-electron chi connectivity index (χ1n) is 10.3. The van der Waals surface area contributed by atoms with Gasteiger partial charge in [-0.1, -0.05) is 72.3 Å². The Hall–Kier alpha value is -4.01. The van der Waals surface area contributed by atoms with Gasteiger partial charge in [-0.3, -0.25) is 10.1 Å². The van der Waals surface area contributed by atoms with E-state index in [1.54, 1.807) is 38.1 Å². The summed E-state index contributed by atoms with van der Waals surface area (Å²) in [4.78, 5) is 13.1. The molecule has 0 spiro atoms. The van der Waals surface area contributed by atoms with Crippen molar-refractivity contribution in [3.05, 3.63) is 95.5 Å². The molecule has 6 heteroatoms. The number of ether oxygens (including phenoxy) is 1. The number of hydrogen-bond donors (Lipinski definition) is 1. The van der Waals surface area contributed by atoms with Crippen LogP contribution in [0.3, 0.4) is 0 Å². The van der Waals surface area contributed by atoms with E-state index >= 15 is 0 Å². The predicted molar refractivity (Wildman–Crippen MR) is 129 cm³/mol. The number of amides is 1. The van der Waals surface area contributed by atoms with Crippen LogP contribution in [0.15, 0.2) is 89.3 Å². The van der Waals surface area contributed by atoms with E-state index in [4.69, 9.17) is 20.8 Å². The monoisotopic (exact) mass is 456 g/mol. The van der Waals surface area contributed by atoms with Crippen molar-refractivity contribution in [2.75, 3.05) is 5.32 Å². The van der Waals surface area contributed by atoms with E-state index in [1.807, 2.05) is 60.7 Å². The number of carbonyl (C=O) groups is 1. The van der Waals surface area contributed by atoms with E-state index in [1.165, 1.54) is 0 Å². The summed E-state index contributed by atoms with van der Waals surface area (Å²) >= 11 is 5.93. The van der Waals surface area contributed by atoms with Crippen LogP contribution in [0, 0.1) is 11.3 Å². The Labute approximate surface area is 197 Å². The third kappa shape index (κ3) is 4.77. The minimum absolute atomic E-state index is 0.0768. The Morgan fingerprint density at radius 2 is 1.52 bits per heavy atom. The lowest BCUT2D eigenvalue weighted by molar-refractivity contribution is -0.128. The largest absolute Gasteiger partial charge is 0.478 e. The molecule has 0 saturated carbocycles. The van der Waals surface area contributed by atoms with Crippen LogP contribution in [0.1, 0.15) is 19.4 Å². The Balaban J connectivity index is 1.72. The summed E-state index contributed by atoms with van der Waals surface area (Å²) < 4.78 is 12.0. The number of benzene rings is 3. The zero-order valence-corrected chi connectivity index (χ0v) is 18.9. The maximum Gasteiger partial charge on any atom is 0.270 e. The number of rotatable bonds is 6. The van der Waals surface area contributed by atoms with Gasteiger partial charge in [0.2, 0.25) is 5.88 Å². The summed E-state index contributed by atoms with van der Waals surface area (Å²) in [5.74, 6) is 0.620. The number of carbonyl (C=O) groups excluding carboxylic acids is 1. The molecule has 0 aliphatic carbocycles. The molecule has 1 aromatic heterocycles. The molecule has 1 amide bonds. The number of halogens is 1. The van der Waals surface area contributed by atoms with Gasteiger partial charge in [0.15, 0.2) is 5.60 Å². The minimum atomic E-state index is -1.24. The molecule has 0 saturated heterocycles. The molecule has 0 bridgehead atoms. The molecule has 1 heterocycles. The molecule has 0 unspecified atom stereocenters. The smallest absolute Gasteiger partial charge is 0.270 e. The molecule has 33 heavy (non-hydrogen) atoms. The van der Waals surface area contributed by atoms with Gasteiger partial charge in [0, 0.05) is 16.1 Å². The summed E-state index contributed by atoms with van der Waals surface area (Å²) in [5.41, 5.74) is 1.23. The van der Waals surface area contributed by atoms with E-state index in [0.717, 1.165) is 11.1 Å². The summed E-state index contributed by atoms with van der Waals surface area (Å²) in [7, 11) is 0. The normalized spacial score (nSPS) is 11.0. The van der Waals surface area contributed by atoms with Gasteiger partial charge in [0.05, 0.1) is 0 Å². The molecule has 0 atom stereocenters. The molecule has 0 aliphatic heterocycles. The fourth-order valence-electron chi connectivity index (χ4n) is 3.40. The van der Waals surface area contributed by atoms with Gasteiger partial charge in [0.1, 0.15) is 23.1 Å². The highest BCUT2D eigenvalue weighted by Gasteiger charge is 2.33. The number of furan rings is 1. The van der Waals surface area contributed by atoms with Crippen molar-refractivity contribution >= 4 is 23.4 Å². The zero-order valence-electron chi connectivity index (χ0n) is 18.1. The van der Waals surface area contributed by atoms with Crippen molar-refractivity contribution in [3.63, 3.8) is 0 Å². The fraction of sp³-hybridized carbons (Fsp3) is 0.111. The Kier molecular flexibility index (Phi) is 6.21. The highest BCUT2D eigenvalue weighted by Crippen LogP contribution is 2.41. The molecule has 0 radical (unpaired) electrons. The van der Waals surface area contributed by atoms with Gasteiger partial charge < -0.3 is 9.15 Å². The van der Waals surface area contributed by atoms with Crippen molar-refractivity contribution in [1.82, 2.24) is 0 Å². The van der Waals surface area contributed by atoms with Gasteiger partial charge in [-0.25, -0.2) is 0 Å². The fourth-order valence-corrected chi connectivity index (χ4v) is 3.52. The minimum Gasteiger partial charge on any atom is -0.478 e. The van der Waals surface area contributed by atoms with E-state index < -0.39 is 11.5 Å². The number of nitriles is 1. The first kappa shape index (κ1) is 22.2. The lowest BCUT2D eigenvalue weighted by Crippen LogP contribution is -2.42. The first-order valence-corrected chi connectivity index (χ1v) is 10.7. The van der Waals surface area contributed by atoms with Crippen LogP contribution in [0.5, 0.6) is 5.75 Å². The number of nitrogens with one attached hydrogen (secondary N) is 1.